The van der Waals surface area contributed by atoms with Crippen molar-refractivity contribution in [2.24, 2.45) is 5.73 Å². The zero-order valence-corrected chi connectivity index (χ0v) is 24.7. The molecule has 1 aliphatic carbocycles. The molecule has 0 bridgehead atoms. The number of carbonyl (C=O) groups excluding carboxylic acids is 3. The number of amides is 4. The van der Waals surface area contributed by atoms with Gasteiger partial charge in [0.05, 0.1) is 5.52 Å². The van der Waals surface area contributed by atoms with E-state index in [1.165, 1.54) is 0 Å². The quantitative estimate of drug-likeness (QED) is 0.334. The van der Waals surface area contributed by atoms with Gasteiger partial charge in [0.15, 0.2) is 5.58 Å². The molecular weight excluding hydrogens is 540 g/mol. The molecule has 1 fully saturated rings. The second kappa shape index (κ2) is 13.2. The number of oxazole rings is 1. The van der Waals surface area contributed by atoms with Crippen LogP contribution in [0.1, 0.15) is 58.4 Å². The van der Waals surface area contributed by atoms with Crippen LogP contribution >= 0.6 is 0 Å². The van der Waals surface area contributed by atoms with Gasteiger partial charge >= 0.3 is 17.9 Å². The van der Waals surface area contributed by atoms with Crippen LogP contribution in [0.25, 0.3) is 22.2 Å². The molecule has 0 unspecified atom stereocenters. The van der Waals surface area contributed by atoms with Crippen LogP contribution in [0.15, 0.2) is 51.7 Å². The van der Waals surface area contributed by atoms with Gasteiger partial charge in [-0.3, -0.25) is 9.36 Å². The number of nitrogens with one attached hydrogen (secondary N) is 1. The standard InChI is InChI=1S/C31H40N4O7/c1-31(2,3)42-30(39)35(23-8-5-6-9-23)28(37)33-24(27(32)36)18-20-10-12-21(13-11-20)22-14-15-26-25(19-22)34(29(38)41-26)16-7-17-40-4/h10-15,19,23-24H,5-9,16-18H2,1-4H3,(H2,32,36)(H,33,37)/t24-/m0/s1. The van der Waals surface area contributed by atoms with Crippen LogP contribution in [0, 0.1) is 0 Å². The summed E-state index contributed by atoms with van der Waals surface area (Å²) in [5.41, 5.74) is 8.66. The van der Waals surface area contributed by atoms with Crippen molar-refractivity contribution < 1.29 is 28.3 Å². The van der Waals surface area contributed by atoms with Gasteiger partial charge in [-0.1, -0.05) is 43.2 Å². The third-order valence-corrected chi connectivity index (χ3v) is 7.26. The zero-order valence-electron chi connectivity index (χ0n) is 24.7. The number of imide groups is 1. The van der Waals surface area contributed by atoms with Crippen LogP contribution in [0.3, 0.4) is 0 Å². The lowest BCUT2D eigenvalue weighted by Crippen LogP contribution is -2.55. The van der Waals surface area contributed by atoms with E-state index in [9.17, 15) is 19.2 Å². The first kappa shape index (κ1) is 30.8. The Morgan fingerprint density at radius 3 is 2.38 bits per heavy atom. The lowest BCUT2D eigenvalue weighted by molar-refractivity contribution is -0.119. The highest BCUT2D eigenvalue weighted by Crippen LogP contribution is 2.27. The third-order valence-electron chi connectivity index (χ3n) is 7.26. The maximum absolute atomic E-state index is 13.3. The Morgan fingerprint density at radius 2 is 1.76 bits per heavy atom. The molecular formula is C31H40N4O7. The summed E-state index contributed by atoms with van der Waals surface area (Å²) in [7, 11) is 1.62. The molecule has 226 valence electrons. The summed E-state index contributed by atoms with van der Waals surface area (Å²) in [5, 5.41) is 2.66. The van der Waals surface area contributed by atoms with Crippen LogP contribution in [0.5, 0.6) is 0 Å². The average Bonchev–Trinajstić information content (AvgIpc) is 3.55. The van der Waals surface area contributed by atoms with Gasteiger partial charge in [0, 0.05) is 32.7 Å². The number of carbonyl (C=O) groups is 3. The van der Waals surface area contributed by atoms with E-state index in [0.717, 1.165) is 34.4 Å². The van der Waals surface area contributed by atoms with Gasteiger partial charge in [0.2, 0.25) is 5.91 Å². The maximum atomic E-state index is 13.3. The average molecular weight is 581 g/mol. The van der Waals surface area contributed by atoms with E-state index in [1.54, 1.807) is 38.5 Å². The summed E-state index contributed by atoms with van der Waals surface area (Å²) in [5.74, 6) is -1.12. The number of aromatic nitrogens is 1. The van der Waals surface area contributed by atoms with E-state index in [4.69, 9.17) is 19.6 Å². The molecule has 3 N–H and O–H groups in total. The second-order valence-electron chi connectivity index (χ2n) is 11.6. The number of methoxy groups -OCH3 is 1. The zero-order chi connectivity index (χ0) is 30.4. The van der Waals surface area contributed by atoms with Crippen LogP contribution in [0.2, 0.25) is 0 Å². The molecule has 1 heterocycles. The summed E-state index contributed by atoms with van der Waals surface area (Å²) in [6.45, 7) is 6.23. The summed E-state index contributed by atoms with van der Waals surface area (Å²) >= 11 is 0. The molecule has 0 radical (unpaired) electrons. The van der Waals surface area contributed by atoms with Crippen LogP contribution in [-0.4, -0.2) is 58.9 Å². The fourth-order valence-corrected chi connectivity index (χ4v) is 5.20. The van der Waals surface area contributed by atoms with Crippen LogP contribution < -0.4 is 16.8 Å². The van der Waals surface area contributed by atoms with E-state index in [0.29, 0.717) is 43.5 Å². The first-order valence-corrected chi connectivity index (χ1v) is 14.3. The Kier molecular flexibility index (Phi) is 9.72. The minimum absolute atomic E-state index is 0.147. The molecule has 2 aromatic carbocycles. The number of nitrogens with two attached hydrogens (primary N) is 1. The Hall–Kier alpha value is -4.12. The fourth-order valence-electron chi connectivity index (χ4n) is 5.20. The molecule has 1 aromatic heterocycles. The van der Waals surface area contributed by atoms with Gasteiger partial charge in [-0.05, 0) is 68.9 Å². The highest BCUT2D eigenvalue weighted by Gasteiger charge is 2.36. The number of fused-ring (bicyclic) bond motifs is 1. The van der Waals surface area contributed by atoms with Gasteiger partial charge in [-0.2, -0.15) is 0 Å². The van der Waals surface area contributed by atoms with E-state index in [-0.39, 0.29) is 12.5 Å². The number of aryl methyl sites for hydroxylation is 1. The maximum Gasteiger partial charge on any atom is 0.419 e. The van der Waals surface area contributed by atoms with Crippen LogP contribution in [-0.2, 0) is 27.2 Å². The number of primary amides is 1. The second-order valence-corrected chi connectivity index (χ2v) is 11.6. The van der Waals surface area contributed by atoms with Gasteiger partial charge < -0.3 is 24.9 Å². The predicted octanol–water partition coefficient (Wildman–Crippen LogP) is 4.58. The molecule has 4 amide bonds. The Balaban J connectivity index is 1.49. The largest absolute Gasteiger partial charge is 0.443 e. The number of hydrogen-bond acceptors (Lipinski definition) is 7. The summed E-state index contributed by atoms with van der Waals surface area (Å²) in [4.78, 5) is 52.0. The van der Waals surface area contributed by atoms with Gasteiger partial charge in [0.1, 0.15) is 11.6 Å². The predicted molar refractivity (Wildman–Crippen MR) is 158 cm³/mol. The number of nitrogens with zero attached hydrogens (tertiary/aromatic N) is 2. The van der Waals surface area contributed by atoms with Gasteiger partial charge in [0.25, 0.3) is 0 Å². The monoisotopic (exact) mass is 580 g/mol. The molecule has 0 spiro atoms. The number of ether oxygens (including phenoxy) is 2. The number of rotatable bonds is 10. The van der Waals surface area contributed by atoms with Crippen molar-refractivity contribution in [1.29, 1.82) is 0 Å². The molecule has 1 atom stereocenters. The van der Waals surface area contributed by atoms with Crippen molar-refractivity contribution in [3.05, 3.63) is 58.6 Å². The fraction of sp³-hybridized carbons (Fsp3) is 0.484. The molecule has 4 rings (SSSR count). The van der Waals surface area contributed by atoms with Crippen molar-refractivity contribution in [1.82, 2.24) is 14.8 Å². The first-order valence-electron chi connectivity index (χ1n) is 14.3. The third kappa shape index (κ3) is 7.58. The molecule has 42 heavy (non-hydrogen) atoms. The lowest BCUT2D eigenvalue weighted by Gasteiger charge is -2.31. The highest BCUT2D eigenvalue weighted by atomic mass is 16.6. The Bertz CT molecular complexity index is 1460. The molecule has 1 aliphatic rings. The minimum Gasteiger partial charge on any atom is -0.443 e. The van der Waals surface area contributed by atoms with E-state index >= 15 is 0 Å². The highest BCUT2D eigenvalue weighted by molar-refractivity contribution is 5.94. The normalized spacial score (nSPS) is 14.6. The molecule has 0 aliphatic heterocycles. The van der Waals surface area contributed by atoms with Crippen molar-refractivity contribution in [2.45, 2.75) is 83.5 Å². The topological polar surface area (TPSA) is 146 Å². The van der Waals surface area contributed by atoms with Gasteiger partial charge in [-0.25, -0.2) is 19.3 Å². The number of hydrogen-bond donors (Lipinski definition) is 2. The molecule has 11 heteroatoms. The summed E-state index contributed by atoms with van der Waals surface area (Å²) in [6.07, 6.45) is 3.26. The first-order chi connectivity index (χ1) is 20.0. The smallest absolute Gasteiger partial charge is 0.419 e. The summed E-state index contributed by atoms with van der Waals surface area (Å²) in [6, 6.07) is 11.0. The Morgan fingerprint density at radius 1 is 1.10 bits per heavy atom. The van der Waals surface area contributed by atoms with Gasteiger partial charge in [-0.15, -0.1) is 0 Å². The number of benzene rings is 2. The van der Waals surface area contributed by atoms with Crippen molar-refractivity contribution >= 4 is 29.1 Å². The lowest BCUT2D eigenvalue weighted by atomic mass is 10.00. The minimum atomic E-state index is -1.03. The van der Waals surface area contributed by atoms with E-state index in [2.05, 4.69) is 5.32 Å². The molecule has 3 aromatic rings. The van der Waals surface area contributed by atoms with Crippen molar-refractivity contribution in [3.8, 4) is 11.1 Å². The molecule has 11 nitrogen and oxygen atoms in total. The molecule has 0 saturated heterocycles. The summed E-state index contributed by atoms with van der Waals surface area (Å²) < 4.78 is 17.6. The van der Waals surface area contributed by atoms with E-state index in [1.807, 2.05) is 36.4 Å². The van der Waals surface area contributed by atoms with Crippen molar-refractivity contribution in [3.63, 3.8) is 0 Å². The molecule has 1 saturated carbocycles. The number of urea groups is 1. The van der Waals surface area contributed by atoms with Crippen molar-refractivity contribution in [2.75, 3.05) is 13.7 Å². The van der Waals surface area contributed by atoms with Crippen LogP contribution in [0.4, 0.5) is 9.59 Å². The Labute approximate surface area is 244 Å². The SMILES string of the molecule is COCCCn1c(=O)oc2ccc(-c3ccc(C[C@H](NC(=O)N(C(=O)OC(C)(C)C)C4CCCC4)C(N)=O)cc3)cc21. The van der Waals surface area contributed by atoms with E-state index < -0.39 is 35.4 Å².